The van der Waals surface area contributed by atoms with Crippen LogP contribution in [0.3, 0.4) is 0 Å². The SMILES string of the molecule is CCC1(CN2CCOC(C)C2)CCNC1. The Bertz CT molecular complexity index is 202. The minimum Gasteiger partial charge on any atom is -0.376 e. The van der Waals surface area contributed by atoms with E-state index in [-0.39, 0.29) is 0 Å². The van der Waals surface area contributed by atoms with E-state index >= 15 is 0 Å². The van der Waals surface area contributed by atoms with E-state index in [0.717, 1.165) is 19.7 Å². The maximum Gasteiger partial charge on any atom is 0.0674 e. The summed E-state index contributed by atoms with van der Waals surface area (Å²) in [6.07, 6.45) is 3.06. The molecule has 0 aliphatic carbocycles. The largest absolute Gasteiger partial charge is 0.376 e. The van der Waals surface area contributed by atoms with Crippen LogP contribution in [0.1, 0.15) is 26.7 Å². The molecule has 1 N–H and O–H groups in total. The highest BCUT2D eigenvalue weighted by molar-refractivity contribution is 4.90. The highest BCUT2D eigenvalue weighted by Gasteiger charge is 2.34. The smallest absolute Gasteiger partial charge is 0.0674 e. The lowest BCUT2D eigenvalue weighted by molar-refractivity contribution is -0.0310. The second kappa shape index (κ2) is 4.81. The van der Waals surface area contributed by atoms with Crippen LogP contribution in [-0.2, 0) is 4.74 Å². The van der Waals surface area contributed by atoms with Crippen LogP contribution in [-0.4, -0.2) is 50.3 Å². The van der Waals surface area contributed by atoms with Crippen LogP contribution in [0, 0.1) is 5.41 Å². The van der Waals surface area contributed by atoms with Crippen molar-refractivity contribution in [2.24, 2.45) is 5.41 Å². The molecule has 0 amide bonds. The van der Waals surface area contributed by atoms with E-state index in [0.29, 0.717) is 11.5 Å². The normalized spacial score (nSPS) is 38.4. The Morgan fingerprint density at radius 3 is 3.00 bits per heavy atom. The number of nitrogens with one attached hydrogen (secondary N) is 1. The van der Waals surface area contributed by atoms with Crippen molar-refractivity contribution in [2.45, 2.75) is 32.8 Å². The van der Waals surface area contributed by atoms with Gasteiger partial charge in [-0.1, -0.05) is 6.92 Å². The zero-order chi connectivity index (χ0) is 10.7. The minimum atomic E-state index is 0.419. The lowest BCUT2D eigenvalue weighted by atomic mass is 9.83. The standard InChI is InChI=1S/C12H24N2O/c1-3-12(4-5-13-9-12)10-14-6-7-15-11(2)8-14/h11,13H,3-10H2,1-2H3. The van der Waals surface area contributed by atoms with Crippen molar-refractivity contribution in [2.75, 3.05) is 39.3 Å². The first-order chi connectivity index (χ1) is 7.24. The van der Waals surface area contributed by atoms with Gasteiger partial charge in [0.15, 0.2) is 0 Å². The van der Waals surface area contributed by atoms with E-state index in [1.54, 1.807) is 0 Å². The summed E-state index contributed by atoms with van der Waals surface area (Å²) in [4.78, 5) is 2.59. The molecule has 2 fully saturated rings. The highest BCUT2D eigenvalue weighted by Crippen LogP contribution is 2.30. The van der Waals surface area contributed by atoms with Crippen LogP contribution in [0.4, 0.5) is 0 Å². The van der Waals surface area contributed by atoms with Gasteiger partial charge in [0, 0.05) is 26.2 Å². The molecule has 0 spiro atoms. The first-order valence-corrected chi connectivity index (χ1v) is 6.29. The van der Waals surface area contributed by atoms with Gasteiger partial charge in [0.2, 0.25) is 0 Å². The highest BCUT2D eigenvalue weighted by atomic mass is 16.5. The molecule has 2 atom stereocenters. The number of hydrogen-bond donors (Lipinski definition) is 1. The summed E-state index contributed by atoms with van der Waals surface area (Å²) < 4.78 is 5.58. The van der Waals surface area contributed by atoms with E-state index in [2.05, 4.69) is 24.1 Å². The number of hydrogen-bond acceptors (Lipinski definition) is 3. The molecule has 2 unspecified atom stereocenters. The summed E-state index contributed by atoms with van der Waals surface area (Å²) in [7, 11) is 0. The lowest BCUT2D eigenvalue weighted by Crippen LogP contribution is -2.47. The molecule has 0 aromatic carbocycles. The third kappa shape index (κ3) is 2.71. The van der Waals surface area contributed by atoms with E-state index in [9.17, 15) is 0 Å². The van der Waals surface area contributed by atoms with Gasteiger partial charge in [-0.2, -0.15) is 0 Å². The van der Waals surface area contributed by atoms with Gasteiger partial charge in [0.1, 0.15) is 0 Å². The first kappa shape index (κ1) is 11.4. The van der Waals surface area contributed by atoms with Gasteiger partial charge in [-0.3, -0.25) is 4.90 Å². The van der Waals surface area contributed by atoms with Crippen LogP contribution < -0.4 is 5.32 Å². The molecule has 0 bridgehead atoms. The van der Waals surface area contributed by atoms with Crippen LogP contribution in [0.15, 0.2) is 0 Å². The Morgan fingerprint density at radius 2 is 2.40 bits per heavy atom. The number of ether oxygens (including phenoxy) is 1. The molecule has 0 saturated carbocycles. The molecule has 88 valence electrons. The molecule has 15 heavy (non-hydrogen) atoms. The summed E-state index contributed by atoms with van der Waals surface area (Å²) in [5, 5.41) is 3.51. The van der Waals surface area contributed by atoms with Crippen LogP contribution >= 0.6 is 0 Å². The van der Waals surface area contributed by atoms with E-state index < -0.39 is 0 Å². The van der Waals surface area contributed by atoms with Crippen LogP contribution in [0.2, 0.25) is 0 Å². The van der Waals surface area contributed by atoms with Crippen molar-refractivity contribution in [3.8, 4) is 0 Å². The molecule has 0 radical (unpaired) electrons. The Hall–Kier alpha value is -0.120. The predicted octanol–water partition coefficient (Wildman–Crippen LogP) is 1.10. The summed E-state index contributed by atoms with van der Waals surface area (Å²) >= 11 is 0. The molecular formula is C12H24N2O. The molecule has 0 aromatic heterocycles. The fraction of sp³-hybridized carbons (Fsp3) is 1.00. The van der Waals surface area contributed by atoms with Gasteiger partial charge in [0.05, 0.1) is 12.7 Å². The predicted molar refractivity (Wildman–Crippen MR) is 62.1 cm³/mol. The molecule has 2 rings (SSSR count). The number of rotatable bonds is 3. The third-order valence-corrected chi connectivity index (χ3v) is 3.97. The average Bonchev–Trinajstić information content (AvgIpc) is 2.67. The van der Waals surface area contributed by atoms with Crippen molar-refractivity contribution in [3.05, 3.63) is 0 Å². The molecule has 3 heteroatoms. The topological polar surface area (TPSA) is 24.5 Å². The molecule has 2 aliphatic heterocycles. The van der Waals surface area contributed by atoms with Gasteiger partial charge in [-0.15, -0.1) is 0 Å². The number of nitrogens with zero attached hydrogens (tertiary/aromatic N) is 1. The van der Waals surface area contributed by atoms with Crippen molar-refractivity contribution >= 4 is 0 Å². The minimum absolute atomic E-state index is 0.419. The van der Waals surface area contributed by atoms with Crippen molar-refractivity contribution < 1.29 is 4.74 Å². The summed E-state index contributed by atoms with van der Waals surface area (Å²) in [6, 6.07) is 0. The Kier molecular flexibility index (Phi) is 3.65. The first-order valence-electron chi connectivity index (χ1n) is 6.29. The average molecular weight is 212 g/mol. The molecular weight excluding hydrogens is 188 g/mol. The molecule has 2 saturated heterocycles. The van der Waals surface area contributed by atoms with Crippen molar-refractivity contribution in [3.63, 3.8) is 0 Å². The third-order valence-electron chi connectivity index (χ3n) is 3.97. The van der Waals surface area contributed by atoms with Crippen molar-refractivity contribution in [1.82, 2.24) is 10.2 Å². The fourth-order valence-electron chi connectivity index (χ4n) is 2.85. The van der Waals surface area contributed by atoms with Gasteiger partial charge in [0.25, 0.3) is 0 Å². The molecule has 3 nitrogen and oxygen atoms in total. The van der Waals surface area contributed by atoms with Crippen molar-refractivity contribution in [1.29, 1.82) is 0 Å². The van der Waals surface area contributed by atoms with Gasteiger partial charge < -0.3 is 10.1 Å². The van der Waals surface area contributed by atoms with E-state index in [1.165, 1.54) is 32.5 Å². The zero-order valence-corrected chi connectivity index (χ0v) is 10.1. The Labute approximate surface area is 93.2 Å². The summed E-state index contributed by atoms with van der Waals surface area (Å²) in [6.45, 7) is 11.3. The molecule has 0 aromatic rings. The Balaban J connectivity index is 1.88. The summed E-state index contributed by atoms with van der Waals surface area (Å²) in [5.74, 6) is 0. The summed E-state index contributed by atoms with van der Waals surface area (Å²) in [5.41, 5.74) is 0.539. The Morgan fingerprint density at radius 1 is 1.53 bits per heavy atom. The second-order valence-electron chi connectivity index (χ2n) is 5.20. The molecule has 2 aliphatic rings. The van der Waals surface area contributed by atoms with Crippen LogP contribution in [0.5, 0.6) is 0 Å². The number of morpholine rings is 1. The van der Waals surface area contributed by atoms with Crippen LogP contribution in [0.25, 0.3) is 0 Å². The maximum absolute atomic E-state index is 5.58. The van der Waals surface area contributed by atoms with Gasteiger partial charge >= 0.3 is 0 Å². The second-order valence-corrected chi connectivity index (χ2v) is 5.20. The quantitative estimate of drug-likeness (QED) is 0.758. The van der Waals surface area contributed by atoms with E-state index in [4.69, 9.17) is 4.74 Å². The zero-order valence-electron chi connectivity index (χ0n) is 10.1. The lowest BCUT2D eigenvalue weighted by Gasteiger charge is -2.38. The van der Waals surface area contributed by atoms with Gasteiger partial charge in [-0.25, -0.2) is 0 Å². The fourth-order valence-corrected chi connectivity index (χ4v) is 2.85. The van der Waals surface area contributed by atoms with E-state index in [1.807, 2.05) is 0 Å². The maximum atomic E-state index is 5.58. The molecule has 2 heterocycles. The monoisotopic (exact) mass is 212 g/mol. The van der Waals surface area contributed by atoms with Gasteiger partial charge in [-0.05, 0) is 31.7 Å².